The first-order valence-electron chi connectivity index (χ1n) is 7.09. The summed E-state index contributed by atoms with van der Waals surface area (Å²) in [5, 5.41) is 9.54. The summed E-state index contributed by atoms with van der Waals surface area (Å²) in [6, 6.07) is 2.73. The molecule has 25 heavy (non-hydrogen) atoms. The van der Waals surface area contributed by atoms with Gasteiger partial charge in [0.15, 0.2) is 0 Å². The molecule has 1 atom stereocenters. The zero-order chi connectivity index (χ0) is 18.0. The first-order chi connectivity index (χ1) is 11.9. The van der Waals surface area contributed by atoms with Crippen molar-refractivity contribution in [2.24, 2.45) is 0 Å². The highest BCUT2D eigenvalue weighted by Gasteiger charge is 2.18. The van der Waals surface area contributed by atoms with E-state index < -0.39 is 30.0 Å². The Morgan fingerprint density at radius 2 is 1.80 bits per heavy atom. The van der Waals surface area contributed by atoms with E-state index in [0.29, 0.717) is 0 Å². The third-order valence-electron chi connectivity index (χ3n) is 3.30. The molecule has 0 unspecified atom stereocenters. The van der Waals surface area contributed by atoms with Gasteiger partial charge in [0.2, 0.25) is 5.95 Å². The normalized spacial score (nSPS) is 12.4. The van der Waals surface area contributed by atoms with Crippen molar-refractivity contribution < 1.29 is 22.0 Å². The highest BCUT2D eigenvalue weighted by Crippen LogP contribution is 2.24. The summed E-state index contributed by atoms with van der Waals surface area (Å²) in [4.78, 5) is 7.98. The molecule has 6 nitrogen and oxygen atoms in total. The third-order valence-corrected chi connectivity index (χ3v) is 3.30. The predicted octanol–water partition coefficient (Wildman–Crippen LogP) is 3.92. The van der Waals surface area contributed by atoms with Crippen molar-refractivity contribution in [3.8, 4) is 11.5 Å². The van der Waals surface area contributed by atoms with E-state index in [4.69, 9.17) is 4.42 Å². The largest absolute Gasteiger partial charge is 0.415 e. The average Bonchev–Trinajstić information content (AvgIpc) is 3.05. The molecule has 2 heterocycles. The van der Waals surface area contributed by atoms with Crippen LogP contribution in [0.5, 0.6) is 0 Å². The molecule has 0 aliphatic rings. The van der Waals surface area contributed by atoms with Crippen LogP contribution in [0.3, 0.4) is 0 Å². The van der Waals surface area contributed by atoms with Gasteiger partial charge in [0.25, 0.3) is 11.8 Å². The van der Waals surface area contributed by atoms with E-state index in [2.05, 4.69) is 25.5 Å². The fourth-order valence-electron chi connectivity index (χ4n) is 2.08. The number of hydrogen-bond acceptors (Lipinski definition) is 6. The quantitative estimate of drug-likeness (QED) is 0.701. The van der Waals surface area contributed by atoms with Crippen molar-refractivity contribution in [2.45, 2.75) is 19.4 Å². The van der Waals surface area contributed by atoms with Crippen molar-refractivity contribution in [2.75, 3.05) is 5.32 Å². The van der Waals surface area contributed by atoms with Crippen LogP contribution >= 0.6 is 0 Å². The highest BCUT2D eigenvalue weighted by atomic mass is 19.3. The molecule has 10 heteroatoms. The second-order valence-electron chi connectivity index (χ2n) is 5.07. The van der Waals surface area contributed by atoms with Crippen LogP contribution in [0, 0.1) is 11.6 Å². The molecular weight excluding hydrogens is 342 g/mol. The minimum absolute atomic E-state index is 0.139. The zero-order valence-corrected chi connectivity index (χ0v) is 12.8. The van der Waals surface area contributed by atoms with Gasteiger partial charge < -0.3 is 9.73 Å². The third kappa shape index (κ3) is 3.73. The van der Waals surface area contributed by atoms with Gasteiger partial charge in [-0.1, -0.05) is 6.07 Å². The molecule has 0 saturated carbocycles. The molecule has 3 aromatic rings. The van der Waals surface area contributed by atoms with E-state index in [1.54, 1.807) is 6.92 Å². The number of aromatic nitrogens is 4. The molecule has 1 aromatic carbocycles. The van der Waals surface area contributed by atoms with Crippen LogP contribution in [0.25, 0.3) is 11.5 Å². The molecule has 0 amide bonds. The zero-order valence-electron chi connectivity index (χ0n) is 12.8. The Morgan fingerprint density at radius 3 is 2.40 bits per heavy atom. The molecule has 1 N–H and O–H groups in total. The van der Waals surface area contributed by atoms with Gasteiger partial charge in [0.1, 0.15) is 11.6 Å². The molecule has 0 saturated heterocycles. The van der Waals surface area contributed by atoms with Crippen molar-refractivity contribution >= 4 is 5.95 Å². The van der Waals surface area contributed by atoms with Crippen molar-refractivity contribution in [3.05, 3.63) is 53.7 Å². The van der Waals surface area contributed by atoms with Crippen molar-refractivity contribution in [3.63, 3.8) is 0 Å². The first kappa shape index (κ1) is 16.8. The summed E-state index contributed by atoms with van der Waals surface area (Å²) in [6.45, 7) is 1.65. The minimum Gasteiger partial charge on any atom is -0.415 e. The molecule has 0 spiro atoms. The summed E-state index contributed by atoms with van der Waals surface area (Å²) in [5.74, 6) is -2.13. The fourth-order valence-corrected chi connectivity index (χ4v) is 2.08. The lowest BCUT2D eigenvalue weighted by Crippen LogP contribution is -2.11. The van der Waals surface area contributed by atoms with Gasteiger partial charge in [0, 0.05) is 24.0 Å². The van der Waals surface area contributed by atoms with E-state index in [1.165, 1.54) is 18.5 Å². The van der Waals surface area contributed by atoms with E-state index in [0.717, 1.165) is 12.1 Å². The van der Waals surface area contributed by atoms with Gasteiger partial charge in [-0.2, -0.15) is 8.78 Å². The topological polar surface area (TPSA) is 76.7 Å². The number of rotatable bonds is 5. The van der Waals surface area contributed by atoms with Crippen molar-refractivity contribution in [1.29, 1.82) is 0 Å². The molecule has 0 aliphatic carbocycles. The Bertz CT molecular complexity index is 869. The lowest BCUT2D eigenvalue weighted by atomic mass is 10.1. The number of nitrogens with one attached hydrogen (secondary N) is 1. The molecule has 2 aromatic heterocycles. The molecule has 130 valence electrons. The standard InChI is InChI=1S/C15H11F4N5O/c1-7(10-3-2-9(16)4-11(10)17)22-15-20-5-8(6-21-15)13-23-24-14(25-13)12(18)19/h2-7,12H,1H3,(H,20,21,22)/t7-/m0/s1. The summed E-state index contributed by atoms with van der Waals surface area (Å²) in [7, 11) is 0. The number of alkyl halides is 2. The van der Waals surface area contributed by atoms with Gasteiger partial charge >= 0.3 is 6.43 Å². The number of anilines is 1. The van der Waals surface area contributed by atoms with Gasteiger partial charge in [-0.3, -0.25) is 0 Å². The van der Waals surface area contributed by atoms with Gasteiger partial charge in [-0.15, -0.1) is 10.2 Å². The van der Waals surface area contributed by atoms with Crippen LogP contribution in [0.4, 0.5) is 23.5 Å². The van der Waals surface area contributed by atoms with E-state index in [1.807, 2.05) is 0 Å². The minimum atomic E-state index is -2.87. The van der Waals surface area contributed by atoms with E-state index in [9.17, 15) is 17.6 Å². The Morgan fingerprint density at radius 1 is 1.08 bits per heavy atom. The molecule has 0 bridgehead atoms. The second kappa shape index (κ2) is 6.83. The van der Waals surface area contributed by atoms with Gasteiger partial charge in [-0.25, -0.2) is 18.7 Å². The number of nitrogens with zero attached hydrogens (tertiary/aromatic N) is 4. The van der Waals surface area contributed by atoms with Crippen molar-refractivity contribution in [1.82, 2.24) is 20.2 Å². The Kier molecular flexibility index (Phi) is 4.59. The van der Waals surface area contributed by atoms with Crippen LogP contribution < -0.4 is 5.32 Å². The summed E-state index contributed by atoms with van der Waals surface area (Å²) in [6.07, 6.45) is -0.271. The molecular formula is C15H11F4N5O. The van der Waals surface area contributed by atoms with Gasteiger partial charge in [-0.05, 0) is 13.0 Å². The molecule has 0 aliphatic heterocycles. The SMILES string of the molecule is C[C@H](Nc1ncc(-c2nnc(C(F)F)o2)cn1)c1ccc(F)cc1F. The van der Waals surface area contributed by atoms with E-state index >= 15 is 0 Å². The Balaban J connectivity index is 1.73. The van der Waals surface area contributed by atoms with Crippen LogP contribution in [0.2, 0.25) is 0 Å². The summed E-state index contributed by atoms with van der Waals surface area (Å²) in [5.41, 5.74) is 0.498. The summed E-state index contributed by atoms with van der Waals surface area (Å²) < 4.78 is 56.3. The van der Waals surface area contributed by atoms with Crippen LogP contribution in [-0.4, -0.2) is 20.2 Å². The number of benzene rings is 1. The molecule has 0 fully saturated rings. The monoisotopic (exact) mass is 353 g/mol. The molecule has 3 rings (SSSR count). The summed E-state index contributed by atoms with van der Waals surface area (Å²) >= 11 is 0. The smallest absolute Gasteiger partial charge is 0.314 e. The fraction of sp³-hybridized carbons (Fsp3) is 0.200. The first-order valence-corrected chi connectivity index (χ1v) is 7.09. The lowest BCUT2D eigenvalue weighted by Gasteiger charge is -2.14. The Labute approximate surface area is 138 Å². The highest BCUT2D eigenvalue weighted by molar-refractivity contribution is 5.50. The molecule has 0 radical (unpaired) electrons. The lowest BCUT2D eigenvalue weighted by molar-refractivity contribution is 0.116. The van der Waals surface area contributed by atoms with Crippen LogP contribution in [0.1, 0.15) is 30.8 Å². The number of halogens is 4. The van der Waals surface area contributed by atoms with Gasteiger partial charge in [0.05, 0.1) is 11.6 Å². The average molecular weight is 353 g/mol. The predicted molar refractivity (Wildman–Crippen MR) is 78.7 cm³/mol. The maximum absolute atomic E-state index is 13.7. The van der Waals surface area contributed by atoms with Crippen LogP contribution in [-0.2, 0) is 0 Å². The maximum Gasteiger partial charge on any atom is 0.314 e. The van der Waals surface area contributed by atoms with Crippen LogP contribution in [0.15, 0.2) is 35.0 Å². The maximum atomic E-state index is 13.7. The second-order valence-corrected chi connectivity index (χ2v) is 5.07. The Hall–Kier alpha value is -3.04. The number of hydrogen-bond donors (Lipinski definition) is 1. The van der Waals surface area contributed by atoms with E-state index in [-0.39, 0.29) is 23.0 Å².